The highest BCUT2D eigenvalue weighted by molar-refractivity contribution is 7.89. The van der Waals surface area contributed by atoms with Crippen LogP contribution in [-0.4, -0.2) is 237 Å². The van der Waals surface area contributed by atoms with Gasteiger partial charge in [-0.25, -0.2) is 0 Å². The highest BCUT2D eigenvalue weighted by atomic mass is 32.3. The fourth-order valence-electron chi connectivity index (χ4n) is 15.0. The van der Waals surface area contributed by atoms with Gasteiger partial charge in [-0.05, 0) is 203 Å². The third-order valence-electron chi connectivity index (χ3n) is 24.0. The highest BCUT2D eigenvalue weighted by Gasteiger charge is 2.63. The molecule has 50 nitrogen and oxygen atoms in total. The third-order valence-corrected chi connectivity index (χ3v) is 37.9. The summed E-state index contributed by atoms with van der Waals surface area (Å²) in [5.41, 5.74) is -30.1. The smallest absolute Gasteiger partial charge is 0.288 e. The number of carbonyl (C=O) groups excluding carboxylic acids is 10. The Bertz CT molecular complexity index is 5780. The largest absolute Gasteiger partial charge is 0.335 e. The first-order valence-electron chi connectivity index (χ1n) is 39.7. The maximum Gasteiger partial charge on any atom is 0.288 e. The van der Waals surface area contributed by atoms with Gasteiger partial charge in [0.25, 0.3) is 101 Å². The maximum absolute atomic E-state index is 16.5. The first kappa shape index (κ1) is 126. The van der Waals surface area contributed by atoms with E-state index in [2.05, 4.69) is 5.32 Å². The molecule has 0 spiro atoms. The number of amides is 10. The van der Waals surface area contributed by atoms with Crippen molar-refractivity contribution in [3.05, 3.63) is 0 Å². The highest BCUT2D eigenvalue weighted by Crippen LogP contribution is 2.58. The summed E-state index contributed by atoms with van der Waals surface area (Å²) in [7, 11) is -56.3. The molecule has 0 bridgehead atoms. The molecular formula is C72H136N10O40S10. The van der Waals surface area contributed by atoms with Crippen molar-refractivity contribution in [3.8, 4) is 0 Å². The van der Waals surface area contributed by atoms with Gasteiger partial charge in [-0.1, -0.05) is 83.1 Å². The molecule has 0 aliphatic heterocycles. The van der Waals surface area contributed by atoms with Gasteiger partial charge in [0.15, 0.2) is 48.7 Å². The molecule has 9 atom stereocenters. The molecule has 0 aromatic heterocycles. The second-order valence-electron chi connectivity index (χ2n) is 42.3. The fourth-order valence-corrected chi connectivity index (χ4v) is 17.2. The Labute approximate surface area is 774 Å². The number of hydrogen-bond donors (Lipinski definition) is 20. The summed E-state index contributed by atoms with van der Waals surface area (Å²) in [4.78, 5) is 129. The summed E-state index contributed by atoms with van der Waals surface area (Å²) in [6.45, 7) is 22.7. The average Bonchev–Trinajstić information content (AvgIpc) is 0.738. The van der Waals surface area contributed by atoms with E-state index < -0.39 is 327 Å². The molecule has 0 fully saturated rings. The molecule has 0 rings (SSSR count). The Morgan fingerprint density at radius 3 is 0.341 bits per heavy atom. The van der Waals surface area contributed by atoms with E-state index in [1.54, 1.807) is 0 Å². The number of hydrogen-bond acceptors (Lipinski definition) is 30. The molecule has 0 aromatic rings. The third kappa shape index (κ3) is 29.7. The van der Waals surface area contributed by atoms with Crippen LogP contribution in [-0.2, 0) is 149 Å². The minimum atomic E-state index is -5.81. The number of rotatable bonds is 49. The van der Waals surface area contributed by atoms with E-state index in [1.165, 1.54) is 6.92 Å². The lowest BCUT2D eigenvalue weighted by Gasteiger charge is -2.50. The lowest BCUT2D eigenvalue weighted by Crippen LogP contribution is -2.62. The monoisotopic (exact) mass is 2100 g/mol. The standard InChI is InChI=1S/C72H136N10O40S10/c1-33-64(24,44(84)74-55(6,7)124(96,97)98)35-66(26,46(86)76-57(10,11)126(102,103)104)37-68(28,48(88)78-59(14,15)128(108,109)110)39-70(30,50(90)80-61(18,19)130(114,115)116)41-72(32,52(92)82-63(22,23)132(120,121)122)42-71(31,51(91)81-62(20,21)131(117,118)119)40-69(29,49(89)79-60(16,17)129(111,112)113)38-67(27,47(87)77-58(12,13)127(105,106)107)36-65(25,45(85)75-56(8,9)125(99,100)101)34-53(2,3)43(83)73-54(4,5)123(93,94)95/h33-42H2,1-32H3,(H,73,83)(H,74,84)(H,75,85)(H,76,86)(H,77,87)(H,78,88)(H,79,89)(H,80,90)(H,81,91)(H,82,92)(H,93,94,95)(H,96,97,98)(H,99,100,101)(H,102,103,104)(H,105,106,107)(H,108,109,110)(H,111,112,113)(H,114,115,116)(H,117,118,119)(H,120,121,122). The molecule has 0 saturated carbocycles. The summed E-state index contributed by atoms with van der Waals surface area (Å²) in [5.74, 6) is -17.6. The van der Waals surface area contributed by atoms with Gasteiger partial charge < -0.3 is 53.2 Å². The molecule has 60 heteroatoms. The van der Waals surface area contributed by atoms with Crippen molar-refractivity contribution in [2.24, 2.45) is 54.1 Å². The van der Waals surface area contributed by atoms with E-state index in [0.29, 0.717) is 138 Å². The molecule has 10 amide bonds. The average molecular weight is 2100 g/mol. The van der Waals surface area contributed by atoms with Gasteiger partial charge in [-0.15, -0.1) is 0 Å². The van der Waals surface area contributed by atoms with Crippen molar-refractivity contribution < 1.29 is 178 Å². The van der Waals surface area contributed by atoms with Crippen LogP contribution in [0.3, 0.4) is 0 Å². The molecule has 0 radical (unpaired) electrons. The first-order valence-corrected chi connectivity index (χ1v) is 54.1. The molecule has 9 unspecified atom stereocenters. The zero-order valence-electron chi connectivity index (χ0n) is 79.9. The van der Waals surface area contributed by atoms with Gasteiger partial charge in [0.2, 0.25) is 59.1 Å². The van der Waals surface area contributed by atoms with Crippen molar-refractivity contribution >= 4 is 160 Å². The van der Waals surface area contributed by atoms with Gasteiger partial charge >= 0.3 is 0 Å². The van der Waals surface area contributed by atoms with Crippen LogP contribution in [0.2, 0.25) is 0 Å². The molecule has 0 aromatic carbocycles. The van der Waals surface area contributed by atoms with Crippen LogP contribution < -0.4 is 53.2 Å². The van der Waals surface area contributed by atoms with Gasteiger partial charge in [-0.3, -0.25) is 93.5 Å². The van der Waals surface area contributed by atoms with E-state index >= 15 is 38.4 Å². The Morgan fingerprint density at radius 1 is 0.159 bits per heavy atom. The van der Waals surface area contributed by atoms with Crippen LogP contribution in [0.1, 0.15) is 286 Å². The fraction of sp³-hybridized carbons (Fsp3) is 0.861. The minimum absolute atomic E-state index is 0.557. The topological polar surface area (TPSA) is 835 Å². The molecule has 20 N–H and O–H groups in total. The Hall–Kier alpha value is -6.20. The second kappa shape index (κ2) is 38.2. The summed E-state index contributed by atoms with van der Waals surface area (Å²) in [6.07, 6.45) is -14.5. The van der Waals surface area contributed by atoms with E-state index in [4.69, 9.17) is 0 Å². The normalized spacial score (nSPS) is 18.5. The first-order chi connectivity index (χ1) is 56.7. The Kier molecular flexibility index (Phi) is 36.4. The zero-order valence-corrected chi connectivity index (χ0v) is 88.0. The van der Waals surface area contributed by atoms with Crippen LogP contribution in [0.4, 0.5) is 0 Å². The molecule has 774 valence electrons. The zero-order chi connectivity index (χ0) is 107. The lowest BCUT2D eigenvalue weighted by molar-refractivity contribution is -0.150. The lowest BCUT2D eigenvalue weighted by atomic mass is 9.55. The summed E-state index contributed by atoms with van der Waals surface area (Å²) >= 11 is 0. The summed E-state index contributed by atoms with van der Waals surface area (Å²) < 4.78 is 372. The van der Waals surface area contributed by atoms with Crippen molar-refractivity contribution in [1.82, 2.24) is 53.2 Å². The van der Waals surface area contributed by atoms with E-state index in [1.807, 2.05) is 47.9 Å². The maximum atomic E-state index is 16.5. The van der Waals surface area contributed by atoms with Crippen LogP contribution >= 0.6 is 0 Å². The van der Waals surface area contributed by atoms with E-state index in [-0.39, 0.29) is 0 Å². The van der Waals surface area contributed by atoms with Crippen molar-refractivity contribution in [3.63, 3.8) is 0 Å². The molecule has 132 heavy (non-hydrogen) atoms. The number of carbonyl (C=O) groups is 10. The second-order valence-corrected chi connectivity index (χ2v) is 62.0. The van der Waals surface area contributed by atoms with Crippen LogP contribution in [0.15, 0.2) is 0 Å². The number of nitrogens with one attached hydrogen (secondary N) is 10. The molecule has 0 saturated heterocycles. The predicted octanol–water partition coefficient (Wildman–Crippen LogP) is 2.39. The van der Waals surface area contributed by atoms with Crippen molar-refractivity contribution in [2.45, 2.75) is 334 Å². The van der Waals surface area contributed by atoms with Crippen molar-refractivity contribution in [1.29, 1.82) is 0 Å². The predicted molar refractivity (Wildman–Crippen MR) is 476 cm³/mol. The van der Waals surface area contributed by atoms with Gasteiger partial charge in [-0.2, -0.15) is 84.2 Å². The van der Waals surface area contributed by atoms with E-state index in [9.17, 15) is 139 Å². The Balaban J connectivity index is 11.9. The van der Waals surface area contributed by atoms with Gasteiger partial charge in [0.1, 0.15) is 0 Å². The van der Waals surface area contributed by atoms with Gasteiger partial charge in [0, 0.05) is 54.1 Å². The van der Waals surface area contributed by atoms with Crippen LogP contribution in [0, 0.1) is 54.1 Å². The molecule has 0 heterocycles. The Morgan fingerprint density at radius 2 is 0.242 bits per heavy atom. The van der Waals surface area contributed by atoms with Crippen LogP contribution in [0.5, 0.6) is 0 Å². The van der Waals surface area contributed by atoms with Gasteiger partial charge in [0.05, 0.1) is 0 Å². The van der Waals surface area contributed by atoms with Crippen molar-refractivity contribution in [2.75, 3.05) is 0 Å². The quantitative estimate of drug-likeness (QED) is 0.0389. The van der Waals surface area contributed by atoms with Crippen LogP contribution in [0.25, 0.3) is 0 Å². The molecular weight excluding hydrogens is 1970 g/mol. The molecule has 0 aliphatic carbocycles. The molecule has 0 aliphatic rings. The minimum Gasteiger partial charge on any atom is -0.335 e. The SMILES string of the molecule is CCC(C)(CC(C)(CC(C)(CC(C)(CC(C)(CC(C)(CC(C)(CC(C)(CC(C)(CC(C)(C)C(=O)NC(C)(C)S(=O)(=O)O)C(=O)NC(C)(C)S(=O)(=O)O)C(=O)NC(C)(C)S(=O)(=O)O)C(=O)NC(C)(C)S(=O)(=O)O)C(=O)NC(C)(C)S(=O)(=O)O)C(=O)NC(C)(C)S(=O)(=O)O)C(=O)NC(C)(C)S(=O)(=O)O)C(=O)NC(C)(C)S(=O)(=O)O)C(=O)NC(C)(C)S(=O)(=O)O)C(=O)NC(C)(C)S(=O)(=O)O. The summed E-state index contributed by atoms with van der Waals surface area (Å²) in [5, 5.41) is 20.0. The van der Waals surface area contributed by atoms with E-state index in [0.717, 1.165) is 76.2 Å². The summed E-state index contributed by atoms with van der Waals surface area (Å²) in [6, 6.07) is 0.